The van der Waals surface area contributed by atoms with E-state index in [2.05, 4.69) is 0 Å². The van der Waals surface area contributed by atoms with Gasteiger partial charge in [0.15, 0.2) is 0 Å². The van der Waals surface area contributed by atoms with Crippen LogP contribution < -0.4 is 4.74 Å². The maximum absolute atomic E-state index is 9.91. The van der Waals surface area contributed by atoms with Gasteiger partial charge in [0, 0.05) is 7.11 Å². The summed E-state index contributed by atoms with van der Waals surface area (Å²) in [4.78, 5) is 0. The molecule has 1 saturated heterocycles. The standard InChI is InChI=1S/C16H22O7/c1-21-8-2-3-10-4-6-11(7-5-10)22-16-15(20)14(19)13(18)12(9-17)23-16/h2-7,12-20H,8-9H2,1H3. The van der Waals surface area contributed by atoms with Crippen LogP contribution in [0.5, 0.6) is 5.75 Å². The molecular formula is C16H22O7. The highest BCUT2D eigenvalue weighted by Crippen LogP contribution is 2.24. The second kappa shape index (κ2) is 8.39. The Hall–Kier alpha value is -1.48. The first-order valence-electron chi connectivity index (χ1n) is 7.29. The molecule has 7 heteroatoms. The van der Waals surface area contributed by atoms with Crippen LogP contribution in [0, 0.1) is 0 Å². The number of hydrogen-bond donors (Lipinski definition) is 4. The van der Waals surface area contributed by atoms with E-state index in [1.165, 1.54) is 0 Å². The summed E-state index contributed by atoms with van der Waals surface area (Å²) in [7, 11) is 1.61. The normalized spacial score (nSPS) is 31.4. The van der Waals surface area contributed by atoms with Gasteiger partial charge in [-0.25, -0.2) is 0 Å². The van der Waals surface area contributed by atoms with Crippen LogP contribution in [0.2, 0.25) is 0 Å². The van der Waals surface area contributed by atoms with Crippen LogP contribution in [-0.4, -0.2) is 71.5 Å². The Labute approximate surface area is 134 Å². The number of aliphatic hydroxyl groups excluding tert-OH is 4. The van der Waals surface area contributed by atoms with E-state index in [0.29, 0.717) is 12.4 Å². The van der Waals surface area contributed by atoms with Gasteiger partial charge in [-0.2, -0.15) is 0 Å². The van der Waals surface area contributed by atoms with E-state index in [-0.39, 0.29) is 0 Å². The van der Waals surface area contributed by atoms with Crippen LogP contribution in [0.15, 0.2) is 30.3 Å². The third-order valence-corrected chi connectivity index (χ3v) is 3.55. The fourth-order valence-corrected chi connectivity index (χ4v) is 2.24. The fourth-order valence-electron chi connectivity index (χ4n) is 2.24. The maximum Gasteiger partial charge on any atom is 0.229 e. The molecule has 0 bridgehead atoms. The molecular weight excluding hydrogens is 304 g/mol. The minimum atomic E-state index is -1.46. The summed E-state index contributed by atoms with van der Waals surface area (Å²) in [5.41, 5.74) is 0.947. The predicted molar refractivity (Wildman–Crippen MR) is 81.7 cm³/mol. The molecule has 1 fully saturated rings. The van der Waals surface area contributed by atoms with Crippen molar-refractivity contribution in [3.05, 3.63) is 35.9 Å². The number of benzene rings is 1. The van der Waals surface area contributed by atoms with Crippen molar-refractivity contribution in [3.63, 3.8) is 0 Å². The summed E-state index contributed by atoms with van der Waals surface area (Å²) >= 11 is 0. The summed E-state index contributed by atoms with van der Waals surface area (Å²) in [6.07, 6.45) is -2.69. The second-order valence-corrected chi connectivity index (χ2v) is 5.24. The lowest BCUT2D eigenvalue weighted by Crippen LogP contribution is -2.60. The molecule has 1 aromatic carbocycles. The molecule has 1 aliphatic heterocycles. The SMILES string of the molecule is COCC=Cc1ccc(OC2OC(CO)C(O)C(O)C2O)cc1. The number of aliphatic hydroxyl groups is 4. The van der Waals surface area contributed by atoms with Gasteiger partial charge in [0.2, 0.25) is 6.29 Å². The number of rotatable bonds is 6. The van der Waals surface area contributed by atoms with Crippen molar-refractivity contribution >= 4 is 6.08 Å². The van der Waals surface area contributed by atoms with Crippen LogP contribution in [0.3, 0.4) is 0 Å². The molecule has 0 radical (unpaired) electrons. The minimum absolute atomic E-state index is 0.429. The van der Waals surface area contributed by atoms with Gasteiger partial charge < -0.3 is 34.6 Å². The fraction of sp³-hybridized carbons (Fsp3) is 0.500. The molecule has 4 N–H and O–H groups in total. The molecule has 7 nitrogen and oxygen atoms in total. The van der Waals surface area contributed by atoms with E-state index in [4.69, 9.17) is 19.3 Å². The number of hydrogen-bond acceptors (Lipinski definition) is 7. The Kier molecular flexibility index (Phi) is 6.52. The summed E-state index contributed by atoms with van der Waals surface area (Å²) < 4.78 is 15.7. The van der Waals surface area contributed by atoms with Crippen LogP contribution in [0.4, 0.5) is 0 Å². The third-order valence-electron chi connectivity index (χ3n) is 3.55. The van der Waals surface area contributed by atoms with E-state index in [1.807, 2.05) is 24.3 Å². The average molecular weight is 326 g/mol. The first kappa shape index (κ1) is 17.9. The monoisotopic (exact) mass is 326 g/mol. The Morgan fingerprint density at radius 3 is 2.39 bits per heavy atom. The Morgan fingerprint density at radius 2 is 1.78 bits per heavy atom. The van der Waals surface area contributed by atoms with Gasteiger partial charge in [0.05, 0.1) is 13.2 Å². The molecule has 1 aromatic rings. The smallest absolute Gasteiger partial charge is 0.229 e. The molecule has 23 heavy (non-hydrogen) atoms. The van der Waals surface area contributed by atoms with Crippen molar-refractivity contribution < 1.29 is 34.6 Å². The van der Waals surface area contributed by atoms with Gasteiger partial charge in [-0.3, -0.25) is 0 Å². The molecule has 5 atom stereocenters. The lowest BCUT2D eigenvalue weighted by Gasteiger charge is -2.39. The predicted octanol–water partition coefficient (Wildman–Crippen LogP) is -0.475. The summed E-state index contributed by atoms with van der Waals surface area (Å²) in [6.45, 7) is 0.0250. The summed E-state index contributed by atoms with van der Waals surface area (Å²) in [5, 5.41) is 38.5. The largest absolute Gasteiger partial charge is 0.462 e. The highest BCUT2D eigenvalue weighted by molar-refractivity contribution is 5.50. The zero-order valence-electron chi connectivity index (χ0n) is 12.8. The van der Waals surface area contributed by atoms with Crippen LogP contribution in [0.25, 0.3) is 6.08 Å². The van der Waals surface area contributed by atoms with Crippen molar-refractivity contribution in [3.8, 4) is 5.75 Å². The molecule has 0 aromatic heterocycles. The Balaban J connectivity index is 2.00. The maximum atomic E-state index is 9.91. The summed E-state index contributed by atoms with van der Waals surface area (Å²) in [6, 6.07) is 7.00. The van der Waals surface area contributed by atoms with Crippen LogP contribution >= 0.6 is 0 Å². The molecule has 2 rings (SSSR count). The highest BCUT2D eigenvalue weighted by Gasteiger charge is 2.44. The van der Waals surface area contributed by atoms with Gasteiger partial charge in [0.25, 0.3) is 0 Å². The van der Waals surface area contributed by atoms with Crippen LogP contribution in [0.1, 0.15) is 5.56 Å². The quantitative estimate of drug-likeness (QED) is 0.559. The Bertz CT molecular complexity index is 500. The molecule has 0 saturated carbocycles. The van der Waals surface area contributed by atoms with Crippen molar-refractivity contribution in [2.45, 2.75) is 30.7 Å². The average Bonchev–Trinajstić information content (AvgIpc) is 2.57. The van der Waals surface area contributed by atoms with Gasteiger partial charge in [-0.15, -0.1) is 0 Å². The minimum Gasteiger partial charge on any atom is -0.462 e. The van der Waals surface area contributed by atoms with Crippen molar-refractivity contribution in [1.82, 2.24) is 0 Å². The molecule has 0 aliphatic carbocycles. The lowest BCUT2D eigenvalue weighted by molar-refractivity contribution is -0.277. The van der Waals surface area contributed by atoms with Gasteiger partial charge >= 0.3 is 0 Å². The summed E-state index contributed by atoms with van der Waals surface area (Å²) in [5.74, 6) is 0.429. The molecule has 1 heterocycles. The van der Waals surface area contributed by atoms with E-state index < -0.39 is 37.3 Å². The molecule has 0 amide bonds. The molecule has 5 unspecified atom stereocenters. The third kappa shape index (κ3) is 4.51. The first-order valence-corrected chi connectivity index (χ1v) is 7.29. The first-order chi connectivity index (χ1) is 11.1. The van der Waals surface area contributed by atoms with E-state index in [1.54, 1.807) is 19.2 Å². The topological polar surface area (TPSA) is 109 Å². The number of ether oxygens (including phenoxy) is 3. The van der Waals surface area contributed by atoms with Crippen molar-refractivity contribution in [2.24, 2.45) is 0 Å². The van der Waals surface area contributed by atoms with E-state index in [0.717, 1.165) is 5.56 Å². The van der Waals surface area contributed by atoms with Gasteiger partial charge in [-0.05, 0) is 17.7 Å². The van der Waals surface area contributed by atoms with Crippen molar-refractivity contribution in [2.75, 3.05) is 20.3 Å². The van der Waals surface area contributed by atoms with Gasteiger partial charge in [-0.1, -0.05) is 24.3 Å². The molecule has 128 valence electrons. The van der Waals surface area contributed by atoms with E-state index in [9.17, 15) is 15.3 Å². The number of methoxy groups -OCH3 is 1. The Morgan fingerprint density at radius 1 is 1.09 bits per heavy atom. The van der Waals surface area contributed by atoms with Crippen LogP contribution in [-0.2, 0) is 9.47 Å². The van der Waals surface area contributed by atoms with E-state index >= 15 is 0 Å². The van der Waals surface area contributed by atoms with Crippen molar-refractivity contribution in [1.29, 1.82) is 0 Å². The lowest BCUT2D eigenvalue weighted by atomic mass is 9.99. The zero-order valence-corrected chi connectivity index (χ0v) is 12.8. The highest BCUT2D eigenvalue weighted by atomic mass is 16.7. The molecule has 1 aliphatic rings. The van der Waals surface area contributed by atoms with Gasteiger partial charge in [0.1, 0.15) is 30.2 Å². The zero-order chi connectivity index (χ0) is 16.8. The molecule has 0 spiro atoms. The second-order valence-electron chi connectivity index (χ2n) is 5.24.